The number of rotatable bonds is 5. The van der Waals surface area contributed by atoms with Crippen LogP contribution in [0.5, 0.6) is 0 Å². The zero-order valence-corrected chi connectivity index (χ0v) is 19.3. The summed E-state index contributed by atoms with van der Waals surface area (Å²) in [5.74, 6) is -2.91. The van der Waals surface area contributed by atoms with Gasteiger partial charge in [-0.05, 0) is 36.8 Å². The quantitative estimate of drug-likeness (QED) is 0.295. The maximum Gasteiger partial charge on any atom is 0.160 e. The number of nitrogens with zero attached hydrogens (tertiary/aromatic N) is 3. The molecule has 3 aromatic carbocycles. The fraction of sp³-hybridized carbons (Fsp3) is 0.179. The van der Waals surface area contributed by atoms with E-state index in [0.29, 0.717) is 27.8 Å². The van der Waals surface area contributed by atoms with Crippen molar-refractivity contribution in [3.8, 4) is 29.0 Å². The number of hydrogen-bond donors (Lipinski definition) is 0. The van der Waals surface area contributed by atoms with E-state index in [1.54, 1.807) is 28.8 Å². The Balaban J connectivity index is 2.25. The van der Waals surface area contributed by atoms with Crippen molar-refractivity contribution >= 4 is 16.7 Å². The summed E-state index contributed by atoms with van der Waals surface area (Å²) in [5.41, 5.74) is 1.90. The molecule has 0 N–H and O–H groups in total. The number of hydrogen-bond acceptors (Lipinski definition) is 3. The normalized spacial score (nSPS) is 11.3. The van der Waals surface area contributed by atoms with Gasteiger partial charge in [-0.3, -0.25) is 4.79 Å². The summed E-state index contributed by atoms with van der Waals surface area (Å²) in [6.07, 6.45) is 0.0515. The Morgan fingerprint density at radius 2 is 1.66 bits per heavy atom. The van der Waals surface area contributed by atoms with E-state index in [2.05, 4.69) is 6.07 Å². The molecular formula is C28H20F3N3O. The molecule has 0 aliphatic heterocycles. The zero-order valence-electron chi connectivity index (χ0n) is 19.3. The fourth-order valence-electron chi connectivity index (χ4n) is 4.44. The lowest BCUT2D eigenvalue weighted by molar-refractivity contribution is 0.101. The standard InChI is InChI=1S/C28H20F3N3O/c1-16(35)17-4-6-18(7-5-17)26-25-19(15-33)12-20(29)13-24(25)34(27(26)28(2,3)10-11-32)21-8-9-22(30)23(31)14-21/h4-9,12-14H,10H2,1-3H3. The van der Waals surface area contributed by atoms with E-state index in [4.69, 9.17) is 0 Å². The summed E-state index contributed by atoms with van der Waals surface area (Å²) in [6, 6.07) is 16.6. The van der Waals surface area contributed by atoms with Crippen molar-refractivity contribution < 1.29 is 18.0 Å². The first-order valence-electron chi connectivity index (χ1n) is 10.8. The second-order valence-electron chi connectivity index (χ2n) is 8.97. The van der Waals surface area contributed by atoms with Crippen molar-refractivity contribution in [2.75, 3.05) is 0 Å². The fourth-order valence-corrected chi connectivity index (χ4v) is 4.44. The van der Waals surface area contributed by atoms with Crippen LogP contribution in [0, 0.1) is 40.1 Å². The lowest BCUT2D eigenvalue weighted by Gasteiger charge is -2.26. The minimum Gasteiger partial charge on any atom is -0.312 e. The Kier molecular flexibility index (Phi) is 5.96. The molecule has 174 valence electrons. The van der Waals surface area contributed by atoms with Crippen molar-refractivity contribution in [1.82, 2.24) is 4.57 Å². The molecule has 0 unspecified atom stereocenters. The summed E-state index contributed by atoms with van der Waals surface area (Å²) >= 11 is 0. The highest BCUT2D eigenvalue weighted by Gasteiger charge is 2.33. The molecule has 0 radical (unpaired) electrons. The van der Waals surface area contributed by atoms with E-state index in [9.17, 15) is 28.5 Å². The molecule has 0 spiro atoms. The molecule has 0 bridgehead atoms. The number of carbonyl (C=O) groups excluding carboxylic acids is 1. The maximum absolute atomic E-state index is 14.7. The molecule has 0 saturated carbocycles. The minimum absolute atomic E-state index is 0.0515. The van der Waals surface area contributed by atoms with Crippen LogP contribution in [0.1, 0.15) is 48.8 Å². The van der Waals surface area contributed by atoms with Gasteiger partial charge in [-0.2, -0.15) is 10.5 Å². The highest BCUT2D eigenvalue weighted by atomic mass is 19.2. The van der Waals surface area contributed by atoms with E-state index in [-0.39, 0.29) is 29.0 Å². The third kappa shape index (κ3) is 4.06. The summed E-state index contributed by atoms with van der Waals surface area (Å²) in [4.78, 5) is 11.8. The first-order valence-corrected chi connectivity index (χ1v) is 10.8. The van der Waals surface area contributed by atoms with Crippen LogP contribution in [-0.2, 0) is 5.41 Å². The van der Waals surface area contributed by atoms with Gasteiger partial charge in [0.2, 0.25) is 0 Å². The summed E-state index contributed by atoms with van der Waals surface area (Å²) in [5, 5.41) is 19.9. The molecule has 4 aromatic rings. The second kappa shape index (κ2) is 8.77. The van der Waals surface area contributed by atoms with E-state index >= 15 is 0 Å². The van der Waals surface area contributed by atoms with Crippen molar-refractivity contribution in [1.29, 1.82) is 10.5 Å². The van der Waals surface area contributed by atoms with Gasteiger partial charge in [-0.1, -0.05) is 38.1 Å². The number of Topliss-reactive ketones (excluding diaryl/α,β-unsaturated/α-hetero) is 1. The monoisotopic (exact) mass is 471 g/mol. The number of aromatic nitrogens is 1. The SMILES string of the molecule is CC(=O)c1ccc(-c2c(C(C)(C)CC#N)n(-c3ccc(F)c(F)c3)c3cc(F)cc(C#N)c23)cc1. The smallest absolute Gasteiger partial charge is 0.160 e. The summed E-state index contributed by atoms with van der Waals surface area (Å²) in [7, 11) is 0. The van der Waals surface area contributed by atoms with Gasteiger partial charge in [0, 0.05) is 45.8 Å². The minimum atomic E-state index is -1.09. The lowest BCUT2D eigenvalue weighted by Crippen LogP contribution is -2.22. The highest BCUT2D eigenvalue weighted by molar-refractivity contribution is 6.04. The van der Waals surface area contributed by atoms with Crippen LogP contribution >= 0.6 is 0 Å². The molecule has 0 fully saturated rings. The van der Waals surface area contributed by atoms with Crippen molar-refractivity contribution in [3.05, 3.63) is 88.9 Å². The first-order chi connectivity index (χ1) is 16.6. The average Bonchev–Trinajstić information content (AvgIpc) is 3.16. The third-order valence-corrected chi connectivity index (χ3v) is 6.06. The number of fused-ring (bicyclic) bond motifs is 1. The Hall–Kier alpha value is -4.36. The molecule has 0 aliphatic rings. The predicted octanol–water partition coefficient (Wildman–Crippen LogP) is 6.98. The largest absolute Gasteiger partial charge is 0.312 e. The van der Waals surface area contributed by atoms with Crippen LogP contribution < -0.4 is 0 Å². The number of carbonyl (C=O) groups is 1. The topological polar surface area (TPSA) is 69.6 Å². The van der Waals surface area contributed by atoms with Gasteiger partial charge in [-0.25, -0.2) is 13.2 Å². The molecule has 0 atom stereocenters. The molecular weight excluding hydrogens is 451 g/mol. The highest BCUT2D eigenvalue weighted by Crippen LogP contribution is 2.45. The van der Waals surface area contributed by atoms with Crippen LogP contribution in [0.15, 0.2) is 54.6 Å². The maximum atomic E-state index is 14.7. The molecule has 0 saturated heterocycles. The lowest BCUT2D eigenvalue weighted by atomic mass is 9.81. The summed E-state index contributed by atoms with van der Waals surface area (Å²) < 4.78 is 44.3. The van der Waals surface area contributed by atoms with E-state index in [1.165, 1.54) is 19.1 Å². The number of ketones is 1. The van der Waals surface area contributed by atoms with Gasteiger partial charge in [0.15, 0.2) is 17.4 Å². The predicted molar refractivity (Wildman–Crippen MR) is 127 cm³/mol. The second-order valence-corrected chi connectivity index (χ2v) is 8.97. The molecule has 4 nitrogen and oxygen atoms in total. The van der Waals surface area contributed by atoms with Gasteiger partial charge in [0.25, 0.3) is 0 Å². The number of benzene rings is 3. The first kappa shape index (κ1) is 23.8. The zero-order chi connectivity index (χ0) is 25.5. The molecule has 35 heavy (non-hydrogen) atoms. The van der Waals surface area contributed by atoms with Crippen LogP contribution in [0.3, 0.4) is 0 Å². The molecule has 1 aromatic heterocycles. The van der Waals surface area contributed by atoms with Gasteiger partial charge in [0.1, 0.15) is 5.82 Å². The van der Waals surface area contributed by atoms with Crippen molar-refractivity contribution in [2.45, 2.75) is 32.6 Å². The summed E-state index contributed by atoms with van der Waals surface area (Å²) in [6.45, 7) is 5.08. The Morgan fingerprint density at radius 3 is 2.23 bits per heavy atom. The number of nitriles is 2. The van der Waals surface area contributed by atoms with Gasteiger partial charge in [0.05, 0.1) is 23.2 Å². The van der Waals surface area contributed by atoms with E-state index < -0.39 is 22.9 Å². The Labute approximate surface area is 200 Å². The number of halogens is 3. The van der Waals surface area contributed by atoms with Crippen molar-refractivity contribution in [3.63, 3.8) is 0 Å². The van der Waals surface area contributed by atoms with Crippen LogP contribution in [-0.4, -0.2) is 10.4 Å². The molecule has 4 rings (SSSR count). The van der Waals surface area contributed by atoms with Gasteiger partial charge in [-0.15, -0.1) is 0 Å². The Bertz CT molecular complexity index is 1570. The molecule has 7 heteroatoms. The molecule has 0 amide bonds. The van der Waals surface area contributed by atoms with Gasteiger partial charge >= 0.3 is 0 Å². The third-order valence-electron chi connectivity index (χ3n) is 6.06. The van der Waals surface area contributed by atoms with Crippen LogP contribution in [0.4, 0.5) is 13.2 Å². The van der Waals surface area contributed by atoms with E-state index in [0.717, 1.165) is 18.2 Å². The van der Waals surface area contributed by atoms with Crippen molar-refractivity contribution in [2.24, 2.45) is 0 Å². The average molecular weight is 471 g/mol. The van der Waals surface area contributed by atoms with Crippen LogP contribution in [0.2, 0.25) is 0 Å². The molecule has 1 heterocycles. The van der Waals surface area contributed by atoms with Gasteiger partial charge < -0.3 is 4.57 Å². The Morgan fingerprint density at radius 1 is 0.971 bits per heavy atom. The molecule has 0 aliphatic carbocycles. The van der Waals surface area contributed by atoms with E-state index in [1.807, 2.05) is 19.9 Å². The van der Waals surface area contributed by atoms with Crippen LogP contribution in [0.25, 0.3) is 27.7 Å².